The molecule has 0 atom stereocenters. The molecule has 0 aromatic rings. The van der Waals surface area contributed by atoms with Crippen LogP contribution < -0.4 is 10.6 Å². The zero-order valence-corrected chi connectivity index (χ0v) is 14.9. The lowest BCUT2D eigenvalue weighted by Crippen LogP contribution is -2.47. The molecular weight excluding hydrogens is 398 g/mol. The monoisotopic (exact) mass is 423 g/mol. The average Bonchev–Trinajstić information content (AvgIpc) is 2.33. The van der Waals surface area contributed by atoms with Crippen molar-refractivity contribution in [2.24, 2.45) is 10.4 Å². The third kappa shape index (κ3) is 8.08. The lowest BCUT2D eigenvalue weighted by atomic mass is 9.67. The summed E-state index contributed by atoms with van der Waals surface area (Å²) in [4.78, 5) is 3.95. The molecule has 0 spiro atoms. The van der Waals surface area contributed by atoms with Crippen LogP contribution in [0.15, 0.2) is 4.99 Å². The summed E-state index contributed by atoms with van der Waals surface area (Å²) in [6.07, 6.45) is -0.574. The van der Waals surface area contributed by atoms with Gasteiger partial charge in [-0.3, -0.25) is 4.99 Å². The number of methoxy groups -OCH3 is 1. The van der Waals surface area contributed by atoms with Crippen molar-refractivity contribution >= 4 is 29.9 Å². The molecule has 1 aliphatic carbocycles. The highest BCUT2D eigenvalue weighted by atomic mass is 127. The number of guanidine groups is 1. The van der Waals surface area contributed by atoms with Crippen molar-refractivity contribution in [3.05, 3.63) is 0 Å². The van der Waals surface area contributed by atoms with E-state index in [0.717, 1.165) is 25.8 Å². The molecule has 4 nitrogen and oxygen atoms in total. The van der Waals surface area contributed by atoms with Crippen LogP contribution in [0.2, 0.25) is 0 Å². The molecule has 0 aromatic carbocycles. The Morgan fingerprint density at radius 3 is 2.38 bits per heavy atom. The molecule has 0 heterocycles. The molecule has 21 heavy (non-hydrogen) atoms. The number of nitrogens with zero attached hydrogens (tertiary/aromatic N) is 1. The first kappa shape index (κ1) is 20.8. The maximum absolute atomic E-state index is 12.1. The van der Waals surface area contributed by atoms with Gasteiger partial charge in [0.25, 0.3) is 0 Å². The number of hydrogen-bond donors (Lipinski definition) is 2. The van der Waals surface area contributed by atoms with E-state index in [-0.39, 0.29) is 35.9 Å². The van der Waals surface area contributed by atoms with E-state index in [0.29, 0.717) is 12.6 Å². The largest absolute Gasteiger partial charge is 0.390 e. The van der Waals surface area contributed by atoms with Gasteiger partial charge in [0.05, 0.1) is 6.42 Å². The van der Waals surface area contributed by atoms with Crippen LogP contribution in [0.1, 0.15) is 32.1 Å². The van der Waals surface area contributed by atoms with Gasteiger partial charge in [-0.25, -0.2) is 0 Å². The molecule has 126 valence electrons. The second kappa shape index (κ2) is 9.70. The summed E-state index contributed by atoms with van der Waals surface area (Å²) in [5.74, 6) is 0.429. The molecule has 0 aliphatic heterocycles. The van der Waals surface area contributed by atoms with E-state index in [1.807, 2.05) is 0 Å². The Bertz CT molecular complexity index is 320. The zero-order chi connectivity index (χ0) is 15.1. The zero-order valence-electron chi connectivity index (χ0n) is 12.6. The maximum atomic E-state index is 12.1. The third-order valence-electron chi connectivity index (χ3n) is 3.81. The fraction of sp³-hybridized carbons (Fsp3) is 0.923. The number of rotatable bonds is 7. The summed E-state index contributed by atoms with van der Waals surface area (Å²) in [6.45, 7) is 1.28. The predicted octanol–water partition coefficient (Wildman–Crippen LogP) is 2.93. The van der Waals surface area contributed by atoms with E-state index < -0.39 is 12.6 Å². The number of nitrogens with one attached hydrogen (secondary N) is 2. The Morgan fingerprint density at radius 1 is 1.29 bits per heavy atom. The number of ether oxygens (including phenoxy) is 1. The fourth-order valence-corrected chi connectivity index (χ4v) is 2.32. The van der Waals surface area contributed by atoms with Crippen LogP contribution in [0.3, 0.4) is 0 Å². The molecule has 0 amide bonds. The Labute approximate surface area is 141 Å². The first-order chi connectivity index (χ1) is 9.41. The Morgan fingerprint density at radius 2 is 1.95 bits per heavy atom. The summed E-state index contributed by atoms with van der Waals surface area (Å²) in [6, 6.07) is 0. The van der Waals surface area contributed by atoms with Gasteiger partial charge in [-0.1, -0.05) is 6.42 Å². The van der Waals surface area contributed by atoms with Gasteiger partial charge in [-0.05, 0) is 24.7 Å². The van der Waals surface area contributed by atoms with Crippen molar-refractivity contribution in [3.8, 4) is 0 Å². The van der Waals surface area contributed by atoms with E-state index in [9.17, 15) is 13.2 Å². The van der Waals surface area contributed by atoms with Crippen LogP contribution in [0.4, 0.5) is 13.2 Å². The van der Waals surface area contributed by atoms with Crippen LogP contribution in [0, 0.1) is 5.41 Å². The number of hydrogen-bond acceptors (Lipinski definition) is 2. The van der Waals surface area contributed by atoms with E-state index in [4.69, 9.17) is 4.74 Å². The Kier molecular flexibility index (Phi) is 9.59. The third-order valence-corrected chi connectivity index (χ3v) is 3.81. The van der Waals surface area contributed by atoms with E-state index >= 15 is 0 Å². The topological polar surface area (TPSA) is 45.7 Å². The first-order valence-corrected chi connectivity index (χ1v) is 6.91. The molecule has 1 aliphatic rings. The molecule has 1 rings (SSSR count). The van der Waals surface area contributed by atoms with Gasteiger partial charge >= 0.3 is 6.18 Å². The van der Waals surface area contributed by atoms with E-state index in [2.05, 4.69) is 15.6 Å². The van der Waals surface area contributed by atoms with Crippen molar-refractivity contribution in [2.45, 2.75) is 38.3 Å². The standard InChI is InChI=1S/C13H24F3N3O.HI/c1-17-11(18-8-6-13(14,15)16)19-10-12(4-3-5-12)7-9-20-2;/h3-10H2,1-2H3,(H2,17,18,19);1H. The molecule has 0 saturated heterocycles. The van der Waals surface area contributed by atoms with E-state index in [1.54, 1.807) is 14.2 Å². The van der Waals surface area contributed by atoms with Crippen LogP contribution >= 0.6 is 24.0 Å². The lowest BCUT2D eigenvalue weighted by molar-refractivity contribution is -0.132. The second-order valence-corrected chi connectivity index (χ2v) is 5.31. The van der Waals surface area contributed by atoms with Gasteiger partial charge in [-0.15, -0.1) is 24.0 Å². The summed E-state index contributed by atoms with van der Waals surface area (Å²) in [5, 5.41) is 5.81. The van der Waals surface area contributed by atoms with Crippen molar-refractivity contribution in [1.82, 2.24) is 10.6 Å². The molecule has 8 heteroatoms. The minimum Gasteiger partial charge on any atom is -0.385 e. The van der Waals surface area contributed by atoms with Crippen LogP contribution in [-0.4, -0.2) is 46.0 Å². The summed E-state index contributed by atoms with van der Waals surface area (Å²) in [5.41, 5.74) is 0.206. The Hall–Kier alpha value is -0.250. The SMILES string of the molecule is CN=C(NCCC(F)(F)F)NCC1(CCOC)CCC1.I. The summed E-state index contributed by atoms with van der Waals surface area (Å²) in [7, 11) is 3.24. The molecular formula is C13H25F3IN3O. The maximum Gasteiger partial charge on any atom is 0.390 e. The van der Waals surface area contributed by atoms with Crippen LogP contribution in [0.25, 0.3) is 0 Å². The van der Waals surface area contributed by atoms with Crippen LogP contribution in [-0.2, 0) is 4.74 Å². The molecule has 0 radical (unpaired) electrons. The van der Waals surface area contributed by atoms with Crippen LogP contribution in [0.5, 0.6) is 0 Å². The number of alkyl halides is 3. The van der Waals surface area contributed by atoms with Gasteiger partial charge in [0.1, 0.15) is 0 Å². The van der Waals surface area contributed by atoms with Gasteiger partial charge in [0.2, 0.25) is 0 Å². The molecule has 1 saturated carbocycles. The first-order valence-electron chi connectivity index (χ1n) is 6.91. The summed E-state index contributed by atoms with van der Waals surface area (Å²) >= 11 is 0. The molecule has 0 aromatic heterocycles. The van der Waals surface area contributed by atoms with Crippen molar-refractivity contribution in [3.63, 3.8) is 0 Å². The Balaban J connectivity index is 0.00000400. The average molecular weight is 423 g/mol. The highest BCUT2D eigenvalue weighted by Gasteiger charge is 2.36. The number of halogens is 4. The van der Waals surface area contributed by atoms with Crippen molar-refractivity contribution < 1.29 is 17.9 Å². The number of aliphatic imine (C=N–C) groups is 1. The minimum atomic E-state index is -4.14. The predicted molar refractivity (Wildman–Crippen MR) is 88.2 cm³/mol. The lowest BCUT2D eigenvalue weighted by Gasteiger charge is -2.42. The highest BCUT2D eigenvalue weighted by molar-refractivity contribution is 14.0. The van der Waals surface area contributed by atoms with Gasteiger partial charge in [-0.2, -0.15) is 13.2 Å². The van der Waals surface area contributed by atoms with Gasteiger partial charge in [0, 0.05) is 33.9 Å². The normalized spacial score (nSPS) is 17.7. The van der Waals surface area contributed by atoms with Crippen molar-refractivity contribution in [2.75, 3.05) is 33.9 Å². The smallest absolute Gasteiger partial charge is 0.385 e. The quantitative estimate of drug-likeness (QED) is 0.376. The van der Waals surface area contributed by atoms with Gasteiger partial charge < -0.3 is 15.4 Å². The molecule has 0 bridgehead atoms. The fourth-order valence-electron chi connectivity index (χ4n) is 2.32. The second-order valence-electron chi connectivity index (χ2n) is 5.31. The molecule has 1 fully saturated rings. The highest BCUT2D eigenvalue weighted by Crippen LogP contribution is 2.43. The van der Waals surface area contributed by atoms with Crippen molar-refractivity contribution in [1.29, 1.82) is 0 Å². The minimum absolute atomic E-state index is 0. The molecule has 0 unspecified atom stereocenters. The molecule has 2 N–H and O–H groups in total. The van der Waals surface area contributed by atoms with E-state index in [1.165, 1.54) is 6.42 Å². The van der Waals surface area contributed by atoms with Gasteiger partial charge in [0.15, 0.2) is 5.96 Å². The summed E-state index contributed by atoms with van der Waals surface area (Å²) < 4.78 is 41.3.